The van der Waals surface area contributed by atoms with Gasteiger partial charge in [-0.15, -0.1) is 0 Å². The van der Waals surface area contributed by atoms with Crippen LogP contribution in [0.15, 0.2) is 33.5 Å². The molecule has 0 spiro atoms. The normalized spacial score (nSPS) is 32.1. The Morgan fingerprint density at radius 3 is 2.65 bits per heavy atom. The third kappa shape index (κ3) is 2.44. The number of methoxy groups -OCH3 is 2. The highest BCUT2D eigenvalue weighted by Gasteiger charge is 2.58. The summed E-state index contributed by atoms with van der Waals surface area (Å²) >= 11 is 0. The molecule has 2 bridgehead atoms. The molecule has 8 heteroatoms. The first-order valence-corrected chi connectivity index (χ1v) is 11.7. The van der Waals surface area contributed by atoms with Crippen LogP contribution in [0, 0.1) is 18.3 Å². The van der Waals surface area contributed by atoms with Crippen molar-refractivity contribution in [2.45, 2.75) is 56.9 Å². The van der Waals surface area contributed by atoms with Gasteiger partial charge in [0.2, 0.25) is 0 Å². The number of aromatic hydroxyl groups is 1. The SMILES string of the molecule is COC1=C(C)C(=O)C2=C3C1=NCC3N1C(C2)C2c3c(cc(C)c(OC)c3O)CC([C@@H]1C#N)N2C. The molecule has 176 valence electrons. The van der Waals surface area contributed by atoms with Crippen molar-refractivity contribution in [3.63, 3.8) is 0 Å². The first kappa shape index (κ1) is 21.4. The zero-order valence-electron chi connectivity index (χ0n) is 20.0. The monoisotopic (exact) mass is 460 g/mol. The van der Waals surface area contributed by atoms with E-state index in [0.29, 0.717) is 36.5 Å². The van der Waals surface area contributed by atoms with Gasteiger partial charge < -0.3 is 14.6 Å². The molecule has 0 amide bonds. The number of allylic oxidation sites excluding steroid dienone is 2. The molecule has 5 atom stereocenters. The van der Waals surface area contributed by atoms with Crippen molar-refractivity contribution >= 4 is 11.5 Å². The number of nitriles is 1. The quantitative estimate of drug-likeness (QED) is 0.676. The standard InChI is InChI=1S/C26H28N4O4/c1-11-6-13-7-15-17(9-27)30-16(22(29(15)3)19(13)24(32)25(11)33-4)8-14-20-18(30)10-28-21(20)26(34-5)12(2)23(14)31/h6,15-18,22,32H,7-8,10H2,1-5H3/t15?,16?,17-,18?,22?/m0/s1. The average Bonchev–Trinajstić information content (AvgIpc) is 3.24. The molecule has 4 unspecified atom stereocenters. The van der Waals surface area contributed by atoms with Crippen molar-refractivity contribution in [3.8, 4) is 17.6 Å². The number of hydrogen-bond donors (Lipinski definition) is 1. The number of phenols is 1. The maximum Gasteiger partial charge on any atom is 0.188 e. The summed E-state index contributed by atoms with van der Waals surface area (Å²) in [4.78, 5) is 22.8. The molecule has 4 aliphatic heterocycles. The van der Waals surface area contributed by atoms with Crippen LogP contribution in [0.4, 0.5) is 0 Å². The molecule has 5 aliphatic rings. The minimum atomic E-state index is -0.356. The van der Waals surface area contributed by atoms with Crippen molar-refractivity contribution in [2.75, 3.05) is 27.8 Å². The van der Waals surface area contributed by atoms with E-state index < -0.39 is 0 Å². The van der Waals surface area contributed by atoms with Crippen LogP contribution in [0.1, 0.15) is 36.1 Å². The van der Waals surface area contributed by atoms with Crippen molar-refractivity contribution in [3.05, 3.63) is 45.2 Å². The Hall–Kier alpha value is -3.15. The van der Waals surface area contributed by atoms with Crippen molar-refractivity contribution in [2.24, 2.45) is 4.99 Å². The summed E-state index contributed by atoms with van der Waals surface area (Å²) < 4.78 is 11.1. The second-order valence-electron chi connectivity index (χ2n) is 9.91. The van der Waals surface area contributed by atoms with E-state index in [-0.39, 0.29) is 41.7 Å². The summed E-state index contributed by atoms with van der Waals surface area (Å²) in [6.45, 7) is 4.22. The highest BCUT2D eigenvalue weighted by molar-refractivity contribution is 6.27. The number of ether oxygens (including phenoxy) is 2. The van der Waals surface area contributed by atoms with Crippen LogP contribution in [-0.2, 0) is 16.0 Å². The number of carbonyl (C=O) groups excluding carboxylic acids is 1. The molecule has 6 rings (SSSR count). The van der Waals surface area contributed by atoms with Crippen molar-refractivity contribution in [1.29, 1.82) is 5.26 Å². The van der Waals surface area contributed by atoms with Gasteiger partial charge in [-0.3, -0.25) is 19.6 Å². The number of nitrogens with zero attached hydrogens (tertiary/aromatic N) is 4. The lowest BCUT2D eigenvalue weighted by atomic mass is 9.70. The molecular formula is C26H28N4O4. The Labute approximate surface area is 198 Å². The second kappa shape index (κ2) is 7.17. The number of hydrogen-bond acceptors (Lipinski definition) is 8. The van der Waals surface area contributed by atoms with Gasteiger partial charge in [0.15, 0.2) is 23.0 Å². The number of fused-ring (bicyclic) bond motifs is 7. The summed E-state index contributed by atoms with van der Waals surface area (Å²) in [6.07, 6.45) is 1.16. The van der Waals surface area contributed by atoms with Crippen molar-refractivity contribution in [1.82, 2.24) is 9.80 Å². The third-order valence-electron chi connectivity index (χ3n) is 8.50. The predicted octanol–water partition coefficient (Wildman–Crippen LogP) is 2.21. The number of piperazine rings is 1. The molecule has 1 saturated heterocycles. The van der Waals surface area contributed by atoms with Crippen LogP contribution in [0.25, 0.3) is 0 Å². The smallest absolute Gasteiger partial charge is 0.188 e. The fourth-order valence-electron chi connectivity index (χ4n) is 7.15. The molecule has 1 aliphatic carbocycles. The molecule has 1 aromatic carbocycles. The highest BCUT2D eigenvalue weighted by atomic mass is 16.5. The maximum atomic E-state index is 13.5. The van der Waals surface area contributed by atoms with E-state index in [0.717, 1.165) is 33.5 Å². The lowest BCUT2D eigenvalue weighted by molar-refractivity contribution is -0.114. The summed E-state index contributed by atoms with van der Waals surface area (Å²) in [7, 11) is 5.18. The highest BCUT2D eigenvalue weighted by Crippen LogP contribution is 2.54. The number of benzene rings is 1. The molecule has 1 aromatic rings. The molecule has 4 heterocycles. The fourth-order valence-corrected chi connectivity index (χ4v) is 7.15. The Morgan fingerprint density at radius 1 is 1.21 bits per heavy atom. The van der Waals surface area contributed by atoms with Gasteiger partial charge in [-0.2, -0.15) is 5.26 Å². The van der Waals surface area contributed by atoms with E-state index in [4.69, 9.17) is 14.5 Å². The largest absolute Gasteiger partial charge is 0.504 e. The zero-order chi connectivity index (χ0) is 24.0. The van der Waals surface area contributed by atoms with Crippen LogP contribution in [0.3, 0.4) is 0 Å². The number of ketones is 1. The number of carbonyl (C=O) groups is 1. The number of Topliss-reactive ketones (excluding diaryl/α,β-unsaturated/α-hetero) is 1. The van der Waals surface area contributed by atoms with Crippen LogP contribution in [0.2, 0.25) is 0 Å². The Bertz CT molecular complexity index is 1290. The fraction of sp³-hybridized carbons (Fsp3) is 0.500. The van der Waals surface area contributed by atoms with E-state index in [1.54, 1.807) is 21.1 Å². The lowest BCUT2D eigenvalue weighted by Gasteiger charge is -2.59. The summed E-state index contributed by atoms with van der Waals surface area (Å²) in [5, 5.41) is 21.7. The Kier molecular flexibility index (Phi) is 4.51. The summed E-state index contributed by atoms with van der Waals surface area (Å²) in [5.41, 5.74) is 5.83. The molecule has 1 fully saturated rings. The van der Waals surface area contributed by atoms with Crippen LogP contribution < -0.4 is 4.74 Å². The van der Waals surface area contributed by atoms with Gasteiger partial charge in [-0.05, 0) is 44.9 Å². The number of phenolic OH excluding ortho intramolecular Hbond substituents is 1. The predicted molar refractivity (Wildman–Crippen MR) is 125 cm³/mol. The summed E-state index contributed by atoms with van der Waals surface area (Å²) in [5.74, 6) is 1.20. The number of likely N-dealkylation sites (N-methyl/N-ethyl adjacent to an activating group) is 1. The van der Waals surface area contributed by atoms with Gasteiger partial charge in [-0.1, -0.05) is 6.07 Å². The van der Waals surface area contributed by atoms with Gasteiger partial charge in [0.05, 0.1) is 38.9 Å². The molecule has 0 radical (unpaired) electrons. The molecule has 1 N–H and O–H groups in total. The Morgan fingerprint density at radius 2 is 1.97 bits per heavy atom. The number of aliphatic imine (C=N–C) groups is 1. The number of aryl methyl sites for hydroxylation is 1. The first-order valence-electron chi connectivity index (χ1n) is 11.7. The molecular weight excluding hydrogens is 432 g/mol. The van der Waals surface area contributed by atoms with Crippen LogP contribution >= 0.6 is 0 Å². The van der Waals surface area contributed by atoms with Gasteiger partial charge in [0.1, 0.15) is 11.8 Å². The Balaban J connectivity index is 1.55. The van der Waals surface area contributed by atoms with E-state index in [1.807, 2.05) is 14.0 Å². The molecule has 34 heavy (non-hydrogen) atoms. The third-order valence-corrected chi connectivity index (χ3v) is 8.50. The number of rotatable bonds is 2. The van der Waals surface area contributed by atoms with Gasteiger partial charge in [0, 0.05) is 34.4 Å². The lowest BCUT2D eigenvalue weighted by Crippen LogP contribution is -2.70. The van der Waals surface area contributed by atoms with E-state index in [1.165, 1.54) is 0 Å². The van der Waals surface area contributed by atoms with Gasteiger partial charge in [-0.25, -0.2) is 0 Å². The minimum absolute atomic E-state index is 0.00243. The average molecular weight is 461 g/mol. The topological polar surface area (TPSA) is 98.4 Å². The van der Waals surface area contributed by atoms with Gasteiger partial charge in [0.25, 0.3) is 0 Å². The first-order chi connectivity index (χ1) is 16.3. The summed E-state index contributed by atoms with van der Waals surface area (Å²) in [6, 6.07) is 3.81. The second-order valence-corrected chi connectivity index (χ2v) is 9.91. The molecule has 8 nitrogen and oxygen atoms in total. The van der Waals surface area contributed by atoms with Crippen molar-refractivity contribution < 1.29 is 19.4 Å². The van der Waals surface area contributed by atoms with E-state index in [9.17, 15) is 15.2 Å². The van der Waals surface area contributed by atoms with E-state index in [2.05, 4.69) is 21.9 Å². The molecule has 0 saturated carbocycles. The maximum absolute atomic E-state index is 13.5. The molecule has 0 aromatic heterocycles. The van der Waals surface area contributed by atoms with Gasteiger partial charge >= 0.3 is 0 Å². The van der Waals surface area contributed by atoms with Crippen LogP contribution in [-0.4, -0.2) is 78.4 Å². The zero-order valence-corrected chi connectivity index (χ0v) is 20.0. The minimum Gasteiger partial charge on any atom is -0.504 e. The van der Waals surface area contributed by atoms with E-state index >= 15 is 0 Å². The van der Waals surface area contributed by atoms with Crippen LogP contribution in [0.5, 0.6) is 11.5 Å².